The first-order valence-corrected chi connectivity index (χ1v) is 9.61. The summed E-state index contributed by atoms with van der Waals surface area (Å²) in [4.78, 5) is 44.3. The number of fused-ring (bicyclic) bond motifs is 1. The summed E-state index contributed by atoms with van der Waals surface area (Å²) < 4.78 is 1.35. The van der Waals surface area contributed by atoms with E-state index in [0.29, 0.717) is 23.6 Å². The fourth-order valence-corrected chi connectivity index (χ4v) is 3.97. The third-order valence-corrected chi connectivity index (χ3v) is 5.49. The van der Waals surface area contributed by atoms with Crippen LogP contribution in [0.5, 0.6) is 0 Å². The van der Waals surface area contributed by atoms with Crippen LogP contribution in [0.25, 0.3) is 5.65 Å². The van der Waals surface area contributed by atoms with Crippen LogP contribution in [0.3, 0.4) is 0 Å². The van der Waals surface area contributed by atoms with Crippen molar-refractivity contribution in [1.82, 2.24) is 19.6 Å². The lowest BCUT2D eigenvalue weighted by Crippen LogP contribution is -2.50. The second-order valence-electron chi connectivity index (χ2n) is 6.45. The van der Waals surface area contributed by atoms with Gasteiger partial charge >= 0.3 is 0 Å². The maximum atomic E-state index is 12.6. The van der Waals surface area contributed by atoms with E-state index in [4.69, 9.17) is 0 Å². The van der Waals surface area contributed by atoms with Crippen molar-refractivity contribution in [3.8, 4) is 0 Å². The topological polar surface area (TPSA) is 83.8 Å². The first-order chi connectivity index (χ1) is 13.1. The van der Waals surface area contributed by atoms with Crippen molar-refractivity contribution < 1.29 is 9.59 Å². The number of carbonyl (C=O) groups excluding carboxylic acids is 2. The Labute approximate surface area is 159 Å². The van der Waals surface area contributed by atoms with E-state index in [1.165, 1.54) is 21.9 Å². The van der Waals surface area contributed by atoms with Crippen molar-refractivity contribution >= 4 is 28.8 Å². The summed E-state index contributed by atoms with van der Waals surface area (Å²) in [6.45, 7) is 1.11. The molecule has 7 nitrogen and oxygen atoms in total. The Morgan fingerprint density at radius 1 is 1.22 bits per heavy atom. The van der Waals surface area contributed by atoms with Gasteiger partial charge in [-0.25, -0.2) is 4.98 Å². The van der Waals surface area contributed by atoms with Gasteiger partial charge in [-0.05, 0) is 36.4 Å². The van der Waals surface area contributed by atoms with Crippen LogP contribution in [0.15, 0.2) is 52.9 Å². The smallest absolute Gasteiger partial charge is 0.270 e. The van der Waals surface area contributed by atoms with Crippen LogP contribution in [-0.2, 0) is 0 Å². The molecule has 0 radical (unpaired) electrons. The molecular weight excluding hydrogens is 364 g/mol. The summed E-state index contributed by atoms with van der Waals surface area (Å²) >= 11 is 1.41. The Bertz CT molecular complexity index is 1040. The molecule has 4 heterocycles. The average Bonchev–Trinajstić information content (AvgIpc) is 3.23. The van der Waals surface area contributed by atoms with E-state index in [-0.39, 0.29) is 17.5 Å². The highest BCUT2D eigenvalue weighted by molar-refractivity contribution is 7.12. The van der Waals surface area contributed by atoms with Crippen LogP contribution in [0, 0.1) is 0 Å². The van der Waals surface area contributed by atoms with E-state index in [1.54, 1.807) is 35.4 Å². The Hall–Kier alpha value is -3.00. The molecule has 0 aliphatic carbocycles. The minimum absolute atomic E-state index is 0.000377. The Morgan fingerprint density at radius 3 is 2.93 bits per heavy atom. The van der Waals surface area contributed by atoms with Crippen LogP contribution in [0.2, 0.25) is 0 Å². The van der Waals surface area contributed by atoms with E-state index < -0.39 is 11.5 Å². The zero-order chi connectivity index (χ0) is 18.8. The number of piperidine rings is 1. The number of nitrogens with zero attached hydrogens (tertiary/aromatic N) is 3. The van der Waals surface area contributed by atoms with Gasteiger partial charge in [-0.3, -0.25) is 18.8 Å². The van der Waals surface area contributed by atoms with Crippen LogP contribution >= 0.6 is 11.3 Å². The van der Waals surface area contributed by atoms with Gasteiger partial charge in [0.05, 0.1) is 4.88 Å². The fraction of sp³-hybridized carbons (Fsp3) is 0.263. The van der Waals surface area contributed by atoms with Gasteiger partial charge < -0.3 is 10.2 Å². The number of amides is 2. The lowest BCUT2D eigenvalue weighted by molar-refractivity contribution is 0.0680. The molecule has 138 valence electrons. The Kier molecular flexibility index (Phi) is 4.72. The number of aromatic nitrogens is 2. The van der Waals surface area contributed by atoms with Gasteiger partial charge in [-0.1, -0.05) is 12.1 Å². The average molecular weight is 382 g/mol. The minimum atomic E-state index is -0.457. The van der Waals surface area contributed by atoms with Gasteiger partial charge in [0.1, 0.15) is 11.2 Å². The molecule has 0 saturated carbocycles. The van der Waals surface area contributed by atoms with Gasteiger partial charge in [-0.2, -0.15) is 0 Å². The second-order valence-corrected chi connectivity index (χ2v) is 7.39. The van der Waals surface area contributed by atoms with Crippen molar-refractivity contribution in [2.24, 2.45) is 0 Å². The summed E-state index contributed by atoms with van der Waals surface area (Å²) in [5.41, 5.74) is 0.0882. The molecule has 4 rings (SSSR count). The third-order valence-electron chi connectivity index (χ3n) is 4.63. The van der Waals surface area contributed by atoms with Gasteiger partial charge in [0.2, 0.25) is 0 Å². The third kappa shape index (κ3) is 3.48. The summed E-state index contributed by atoms with van der Waals surface area (Å²) in [7, 11) is 0. The van der Waals surface area contributed by atoms with Crippen LogP contribution < -0.4 is 10.9 Å². The standard InChI is InChI=1S/C19H18N4O3S/c24-17(14-11-20-16-7-1-2-9-23(16)18(14)25)21-13-5-3-8-22(12-13)19(26)15-6-4-10-27-15/h1-2,4,6-7,9-11,13H,3,5,8,12H2,(H,21,24). The molecule has 1 atom stereocenters. The maximum Gasteiger partial charge on any atom is 0.270 e. The van der Waals surface area contributed by atoms with Crippen LogP contribution in [0.4, 0.5) is 0 Å². The van der Waals surface area contributed by atoms with Crippen molar-refractivity contribution in [3.05, 3.63) is 68.9 Å². The zero-order valence-electron chi connectivity index (χ0n) is 14.5. The van der Waals surface area contributed by atoms with E-state index in [1.807, 2.05) is 11.4 Å². The Morgan fingerprint density at radius 2 is 2.11 bits per heavy atom. The van der Waals surface area contributed by atoms with Crippen molar-refractivity contribution in [1.29, 1.82) is 0 Å². The number of hydrogen-bond acceptors (Lipinski definition) is 5. The second kappa shape index (κ2) is 7.32. The molecule has 8 heteroatoms. The molecule has 0 aromatic carbocycles. The fourth-order valence-electron chi connectivity index (χ4n) is 3.28. The van der Waals surface area contributed by atoms with Gasteiger partial charge in [0, 0.05) is 31.5 Å². The molecular formula is C19H18N4O3S. The van der Waals surface area contributed by atoms with Gasteiger partial charge in [-0.15, -0.1) is 11.3 Å². The van der Waals surface area contributed by atoms with Crippen LogP contribution in [0.1, 0.15) is 32.9 Å². The molecule has 1 aliphatic heterocycles. The lowest BCUT2D eigenvalue weighted by Gasteiger charge is -2.32. The molecule has 2 amide bonds. The van der Waals surface area contributed by atoms with Crippen molar-refractivity contribution in [3.63, 3.8) is 0 Å². The van der Waals surface area contributed by atoms with E-state index in [9.17, 15) is 14.4 Å². The summed E-state index contributed by atoms with van der Waals surface area (Å²) in [5.74, 6) is -0.474. The van der Waals surface area contributed by atoms with Crippen LogP contribution in [-0.4, -0.2) is 45.2 Å². The predicted octanol–water partition coefficient (Wildman–Crippen LogP) is 1.79. The van der Waals surface area contributed by atoms with Crippen molar-refractivity contribution in [2.45, 2.75) is 18.9 Å². The number of thiophene rings is 1. The molecule has 1 aliphatic rings. The Balaban J connectivity index is 1.49. The highest BCUT2D eigenvalue weighted by Gasteiger charge is 2.27. The minimum Gasteiger partial charge on any atom is -0.347 e. The van der Waals surface area contributed by atoms with Gasteiger partial charge in [0.25, 0.3) is 17.4 Å². The monoisotopic (exact) mass is 382 g/mol. The molecule has 0 spiro atoms. The molecule has 1 fully saturated rings. The number of hydrogen-bond donors (Lipinski definition) is 1. The molecule has 3 aromatic rings. The van der Waals surface area contributed by atoms with E-state index in [0.717, 1.165) is 12.8 Å². The normalized spacial score (nSPS) is 17.0. The van der Waals surface area contributed by atoms with Crippen molar-refractivity contribution in [2.75, 3.05) is 13.1 Å². The SMILES string of the molecule is O=C(NC1CCCN(C(=O)c2cccs2)C1)c1cnc2ccccn2c1=O. The van der Waals surface area contributed by atoms with E-state index >= 15 is 0 Å². The summed E-state index contributed by atoms with van der Waals surface area (Å²) in [5, 5.41) is 4.76. The summed E-state index contributed by atoms with van der Waals surface area (Å²) in [6, 6.07) is 8.66. The molecule has 1 N–H and O–H groups in total. The number of carbonyl (C=O) groups is 2. The van der Waals surface area contributed by atoms with E-state index in [2.05, 4.69) is 10.3 Å². The highest BCUT2D eigenvalue weighted by atomic mass is 32.1. The molecule has 3 aromatic heterocycles. The first kappa shape index (κ1) is 17.4. The maximum absolute atomic E-state index is 12.6. The highest BCUT2D eigenvalue weighted by Crippen LogP contribution is 2.17. The predicted molar refractivity (Wildman–Crippen MR) is 102 cm³/mol. The largest absolute Gasteiger partial charge is 0.347 e. The number of rotatable bonds is 3. The summed E-state index contributed by atoms with van der Waals surface area (Å²) in [6.07, 6.45) is 4.47. The number of pyridine rings is 1. The molecule has 27 heavy (non-hydrogen) atoms. The van der Waals surface area contributed by atoms with Gasteiger partial charge in [0.15, 0.2) is 0 Å². The molecule has 1 unspecified atom stereocenters. The lowest BCUT2D eigenvalue weighted by atomic mass is 10.0. The zero-order valence-corrected chi connectivity index (χ0v) is 15.3. The molecule has 0 bridgehead atoms. The quantitative estimate of drug-likeness (QED) is 0.749. The molecule has 1 saturated heterocycles. The number of nitrogens with one attached hydrogen (secondary N) is 1. The first-order valence-electron chi connectivity index (χ1n) is 8.73. The number of likely N-dealkylation sites (tertiary alicyclic amines) is 1.